The Hall–Kier alpha value is -5.73. The van der Waals surface area contributed by atoms with E-state index in [9.17, 15) is 9.59 Å². The number of carbonyl (C=O) groups excluding carboxylic acids is 2. The van der Waals surface area contributed by atoms with E-state index in [0.717, 1.165) is 27.9 Å². The van der Waals surface area contributed by atoms with E-state index in [1.807, 2.05) is 66.7 Å². The van der Waals surface area contributed by atoms with Crippen LogP contribution in [0.5, 0.6) is 11.5 Å². The molecular weight excluding hydrogens is 619 g/mol. The second kappa shape index (κ2) is 13.9. The lowest BCUT2D eigenvalue weighted by molar-refractivity contribution is 0.102. The smallest absolute Gasteiger partial charge is 0.267 e. The maximum atomic E-state index is 13.7. The van der Waals surface area contributed by atoms with Gasteiger partial charge in [0, 0.05) is 33.8 Å². The summed E-state index contributed by atoms with van der Waals surface area (Å²) in [7, 11) is 3.20. The molecule has 0 aliphatic carbocycles. The third-order valence-electron chi connectivity index (χ3n) is 8.11. The number of rotatable bonds is 10. The van der Waals surface area contributed by atoms with E-state index >= 15 is 0 Å². The van der Waals surface area contributed by atoms with Crippen LogP contribution >= 0.6 is 11.3 Å². The minimum atomic E-state index is -0.394. The molecule has 0 bridgehead atoms. The number of benzene rings is 4. The van der Waals surface area contributed by atoms with Crippen LogP contribution in [0.4, 0.5) is 11.4 Å². The highest BCUT2D eigenvalue weighted by atomic mass is 32.1. The Bertz CT molecular complexity index is 2150. The second-order valence-electron chi connectivity index (χ2n) is 11.6. The number of carbonyl (C=O) groups is 2. The molecule has 2 heterocycles. The van der Waals surface area contributed by atoms with Gasteiger partial charge >= 0.3 is 0 Å². The number of ether oxygens (including phenoxy) is 2. The van der Waals surface area contributed by atoms with Gasteiger partial charge in [-0.25, -0.2) is 4.98 Å². The summed E-state index contributed by atoms with van der Waals surface area (Å²) in [6.45, 7) is 4.29. The van der Waals surface area contributed by atoms with Gasteiger partial charge < -0.3 is 20.5 Å². The molecule has 48 heavy (non-hydrogen) atoms. The molecule has 1 amide bonds. The number of hydrogen-bond donors (Lipinski definition) is 2. The van der Waals surface area contributed by atoms with E-state index in [1.54, 1.807) is 50.6 Å². The summed E-state index contributed by atoms with van der Waals surface area (Å²) in [6.07, 6.45) is 3.34. The van der Waals surface area contributed by atoms with Crippen molar-refractivity contribution in [1.82, 2.24) is 4.98 Å². The van der Waals surface area contributed by atoms with Crippen molar-refractivity contribution in [2.45, 2.75) is 19.8 Å². The Labute approximate surface area is 283 Å². The number of fused-ring (bicyclic) bond motifs is 1. The van der Waals surface area contributed by atoms with Crippen LogP contribution in [0.25, 0.3) is 38.7 Å². The van der Waals surface area contributed by atoms with Gasteiger partial charge in [-0.15, -0.1) is 11.3 Å². The van der Waals surface area contributed by atoms with Crippen molar-refractivity contribution in [2.75, 3.05) is 25.3 Å². The maximum absolute atomic E-state index is 13.7. The lowest BCUT2D eigenvalue weighted by Crippen LogP contribution is -2.12. The number of hydrogen-bond acceptors (Lipinski definition) is 7. The van der Waals surface area contributed by atoms with Gasteiger partial charge in [-0.2, -0.15) is 0 Å². The molecular formula is C40H35N3O4S. The van der Waals surface area contributed by atoms with Crippen LogP contribution in [0, 0.1) is 0 Å². The molecule has 7 nitrogen and oxygen atoms in total. The van der Waals surface area contributed by atoms with Crippen LogP contribution in [0.1, 0.15) is 50.9 Å². The molecule has 2 aromatic heterocycles. The number of nitrogen functional groups attached to an aromatic ring is 1. The van der Waals surface area contributed by atoms with Gasteiger partial charge in [-0.05, 0) is 59.0 Å². The van der Waals surface area contributed by atoms with E-state index < -0.39 is 5.91 Å². The van der Waals surface area contributed by atoms with E-state index in [2.05, 4.69) is 31.3 Å². The first kappa shape index (κ1) is 32.2. The normalized spacial score (nSPS) is 11.3. The number of aromatic nitrogens is 1. The number of ketones is 1. The van der Waals surface area contributed by atoms with Gasteiger partial charge in [-0.1, -0.05) is 86.7 Å². The fourth-order valence-corrected chi connectivity index (χ4v) is 6.49. The number of anilines is 2. The average molecular weight is 654 g/mol. The lowest BCUT2D eigenvalue weighted by atomic mass is 9.98. The highest BCUT2D eigenvalue weighted by molar-refractivity contribution is 7.21. The Morgan fingerprint density at radius 3 is 2.33 bits per heavy atom. The summed E-state index contributed by atoms with van der Waals surface area (Å²) >= 11 is 1.22. The van der Waals surface area contributed by atoms with Gasteiger partial charge in [0.1, 0.15) is 21.2 Å². The number of amides is 1. The largest absolute Gasteiger partial charge is 0.497 e. The number of nitrogens with one attached hydrogen (secondary N) is 1. The van der Waals surface area contributed by atoms with Crippen LogP contribution in [-0.2, 0) is 0 Å². The van der Waals surface area contributed by atoms with Gasteiger partial charge in [-0.3, -0.25) is 9.59 Å². The third kappa shape index (κ3) is 6.70. The van der Waals surface area contributed by atoms with Crippen LogP contribution in [0.3, 0.4) is 0 Å². The quantitative estimate of drug-likeness (QED) is 0.113. The highest BCUT2D eigenvalue weighted by Crippen LogP contribution is 2.44. The topological polar surface area (TPSA) is 104 Å². The summed E-state index contributed by atoms with van der Waals surface area (Å²) in [6, 6.07) is 32.4. The predicted octanol–water partition coefficient (Wildman–Crippen LogP) is 9.50. The molecule has 6 aromatic rings. The molecule has 0 radical (unpaired) electrons. The minimum Gasteiger partial charge on any atom is -0.497 e. The minimum absolute atomic E-state index is 0.170. The van der Waals surface area contributed by atoms with Crippen LogP contribution < -0.4 is 20.5 Å². The second-order valence-corrected chi connectivity index (χ2v) is 12.6. The lowest BCUT2D eigenvalue weighted by Gasteiger charge is -2.13. The molecule has 3 N–H and O–H groups in total. The first-order valence-electron chi connectivity index (χ1n) is 15.5. The van der Waals surface area contributed by atoms with Crippen molar-refractivity contribution >= 4 is 50.7 Å². The summed E-state index contributed by atoms with van der Waals surface area (Å²) in [5.41, 5.74) is 13.4. The molecule has 0 aliphatic heterocycles. The SMILES string of the molecule is COc1ccc(-c2cc(-c3ccccc3)nc3sc(C(=O)Nc4cccc(C(=O)C=Cc5ccc(C(C)C)cc5)c4)c(N)c23)c(OC)c1. The summed E-state index contributed by atoms with van der Waals surface area (Å²) < 4.78 is 11.2. The molecule has 0 spiro atoms. The fourth-order valence-electron chi connectivity index (χ4n) is 5.48. The van der Waals surface area contributed by atoms with Crippen LogP contribution in [0.2, 0.25) is 0 Å². The third-order valence-corrected chi connectivity index (χ3v) is 9.21. The van der Waals surface area contributed by atoms with Crippen molar-refractivity contribution in [3.05, 3.63) is 131 Å². The number of methoxy groups -OCH3 is 2. The van der Waals surface area contributed by atoms with Crippen molar-refractivity contribution in [3.8, 4) is 33.9 Å². The first-order chi connectivity index (χ1) is 23.2. The van der Waals surface area contributed by atoms with Crippen LogP contribution in [0.15, 0.2) is 109 Å². The zero-order valence-electron chi connectivity index (χ0n) is 27.1. The molecule has 0 atom stereocenters. The molecule has 4 aromatic carbocycles. The highest BCUT2D eigenvalue weighted by Gasteiger charge is 2.23. The number of nitrogens with two attached hydrogens (primary N) is 1. The summed E-state index contributed by atoms with van der Waals surface area (Å²) in [5, 5.41) is 3.59. The number of nitrogens with zero attached hydrogens (tertiary/aromatic N) is 1. The maximum Gasteiger partial charge on any atom is 0.267 e. The molecule has 8 heteroatoms. The van der Waals surface area contributed by atoms with Crippen molar-refractivity contribution in [1.29, 1.82) is 0 Å². The average Bonchev–Trinajstić information content (AvgIpc) is 3.46. The Balaban J connectivity index is 1.33. The molecule has 0 unspecified atom stereocenters. The van der Waals surface area contributed by atoms with Crippen molar-refractivity contribution in [2.24, 2.45) is 0 Å². The first-order valence-corrected chi connectivity index (χ1v) is 16.3. The van der Waals surface area contributed by atoms with Crippen molar-refractivity contribution in [3.63, 3.8) is 0 Å². The van der Waals surface area contributed by atoms with E-state index in [0.29, 0.717) is 49.4 Å². The van der Waals surface area contributed by atoms with E-state index in [-0.39, 0.29) is 5.78 Å². The Morgan fingerprint density at radius 1 is 0.854 bits per heavy atom. The zero-order valence-corrected chi connectivity index (χ0v) is 27.9. The molecule has 240 valence electrons. The molecule has 0 aliphatic rings. The monoisotopic (exact) mass is 653 g/mol. The molecule has 0 saturated heterocycles. The standard InChI is InChI=1S/C40H35N3O4S/c1-24(2)26-16-13-25(14-17-26)15-20-34(44)28-11-8-12-29(21-28)42-39(45)38-37(41)36-32(31-19-18-30(46-3)22-35(31)47-4)23-33(43-40(36)48-38)27-9-6-5-7-10-27/h5-24H,41H2,1-4H3,(H,42,45). The van der Waals surface area contributed by atoms with Gasteiger partial charge in [0.05, 0.1) is 25.6 Å². The van der Waals surface area contributed by atoms with Gasteiger partial charge in [0.25, 0.3) is 5.91 Å². The van der Waals surface area contributed by atoms with Gasteiger partial charge in [0.15, 0.2) is 5.78 Å². The van der Waals surface area contributed by atoms with E-state index in [1.165, 1.54) is 16.9 Å². The van der Waals surface area contributed by atoms with Gasteiger partial charge in [0.2, 0.25) is 0 Å². The van der Waals surface area contributed by atoms with Crippen LogP contribution in [-0.4, -0.2) is 30.9 Å². The Morgan fingerprint density at radius 2 is 1.62 bits per heavy atom. The zero-order chi connectivity index (χ0) is 33.8. The Kier molecular flexibility index (Phi) is 9.36. The number of allylic oxidation sites excluding steroid dienone is 1. The molecule has 0 fully saturated rings. The number of pyridine rings is 1. The fraction of sp³-hybridized carbons (Fsp3) is 0.125. The van der Waals surface area contributed by atoms with Crippen molar-refractivity contribution < 1.29 is 19.1 Å². The van der Waals surface area contributed by atoms with E-state index in [4.69, 9.17) is 20.2 Å². The predicted molar refractivity (Wildman–Crippen MR) is 196 cm³/mol. The molecule has 6 rings (SSSR count). The summed E-state index contributed by atoms with van der Waals surface area (Å²) in [4.78, 5) is 32.6. The number of thiophene rings is 1. The summed E-state index contributed by atoms with van der Waals surface area (Å²) in [5.74, 6) is 1.12. The molecule has 0 saturated carbocycles.